The highest BCUT2D eigenvalue weighted by atomic mass is 35.5. The average molecular weight is 477 g/mol. The van der Waals surface area contributed by atoms with Crippen LogP contribution in [0.4, 0.5) is 15.9 Å². The molecule has 2 aliphatic heterocycles. The van der Waals surface area contributed by atoms with Gasteiger partial charge in [-0.3, -0.25) is 4.79 Å². The van der Waals surface area contributed by atoms with Gasteiger partial charge in [0, 0.05) is 37.6 Å². The average Bonchev–Trinajstić information content (AvgIpc) is 3.28. The second-order valence-electron chi connectivity index (χ2n) is 8.30. The zero-order valence-corrected chi connectivity index (χ0v) is 18.8. The van der Waals surface area contributed by atoms with Gasteiger partial charge < -0.3 is 20.1 Å². The van der Waals surface area contributed by atoms with E-state index in [9.17, 15) is 9.18 Å². The Kier molecular flexibility index (Phi) is 5.82. The minimum Gasteiger partial charge on any atom is -0.374 e. The molecule has 2 atom stereocenters. The number of anilines is 2. The van der Waals surface area contributed by atoms with Gasteiger partial charge in [0.2, 0.25) is 5.91 Å². The molecular weight excluding hydrogens is 454 g/mol. The third-order valence-electron chi connectivity index (χ3n) is 6.27. The lowest BCUT2D eigenvalue weighted by Gasteiger charge is -2.43. The number of hydrogen-bond acceptors (Lipinski definition) is 5. The van der Waals surface area contributed by atoms with Crippen molar-refractivity contribution in [1.29, 1.82) is 0 Å². The summed E-state index contributed by atoms with van der Waals surface area (Å²) in [4.78, 5) is 29.5. The predicted octanol–water partition coefficient (Wildman–Crippen LogP) is 4.48. The summed E-state index contributed by atoms with van der Waals surface area (Å²) in [5.41, 5.74) is 1.36. The summed E-state index contributed by atoms with van der Waals surface area (Å²) in [7, 11) is 0. The third kappa shape index (κ3) is 3.97. The van der Waals surface area contributed by atoms with E-state index < -0.39 is 11.9 Å². The molecule has 0 radical (unpaired) electrons. The summed E-state index contributed by atoms with van der Waals surface area (Å²) in [6.07, 6.45) is 6.95. The fourth-order valence-electron chi connectivity index (χ4n) is 4.75. The Balaban J connectivity index is 1.32. The lowest BCUT2D eigenvalue weighted by molar-refractivity contribution is -0.137. The topological polar surface area (TPSA) is 77.2 Å². The van der Waals surface area contributed by atoms with Crippen LogP contribution in [-0.4, -0.2) is 57.5 Å². The summed E-state index contributed by atoms with van der Waals surface area (Å²) < 4.78 is 13.7. The second-order valence-corrected chi connectivity index (χ2v) is 9.12. The molecule has 3 aromatic rings. The van der Waals surface area contributed by atoms with Crippen LogP contribution in [-0.2, 0) is 4.79 Å². The zero-order valence-electron chi connectivity index (χ0n) is 17.3. The summed E-state index contributed by atoms with van der Waals surface area (Å²) in [6.45, 7) is 2.35. The van der Waals surface area contributed by atoms with Gasteiger partial charge in [-0.2, -0.15) is 0 Å². The van der Waals surface area contributed by atoms with E-state index in [1.165, 1.54) is 12.1 Å². The van der Waals surface area contributed by atoms with Crippen LogP contribution in [0, 0.1) is 5.82 Å². The Hall–Kier alpha value is -2.58. The molecule has 1 amide bonds. The molecule has 5 rings (SSSR count). The van der Waals surface area contributed by atoms with Gasteiger partial charge in [-0.15, -0.1) is 0 Å². The van der Waals surface area contributed by atoms with Gasteiger partial charge in [-0.1, -0.05) is 23.2 Å². The Labute approximate surface area is 194 Å². The lowest BCUT2D eigenvalue weighted by atomic mass is 9.97. The van der Waals surface area contributed by atoms with Crippen LogP contribution < -0.4 is 10.2 Å². The molecule has 2 unspecified atom stereocenters. The van der Waals surface area contributed by atoms with Gasteiger partial charge in [-0.05, 0) is 43.9 Å². The number of benzene rings is 1. The zero-order chi connectivity index (χ0) is 22.2. The van der Waals surface area contributed by atoms with E-state index in [0.29, 0.717) is 12.1 Å². The van der Waals surface area contributed by atoms with Crippen LogP contribution in [0.1, 0.15) is 25.7 Å². The first-order valence-electron chi connectivity index (χ1n) is 10.8. The monoisotopic (exact) mass is 476 g/mol. The van der Waals surface area contributed by atoms with E-state index in [1.807, 2.05) is 17.2 Å². The molecule has 0 saturated carbocycles. The van der Waals surface area contributed by atoms with Crippen molar-refractivity contribution in [2.75, 3.05) is 29.9 Å². The van der Waals surface area contributed by atoms with Crippen molar-refractivity contribution < 1.29 is 9.18 Å². The van der Waals surface area contributed by atoms with Crippen LogP contribution >= 0.6 is 23.2 Å². The molecule has 7 nitrogen and oxygen atoms in total. The number of nitrogens with zero attached hydrogens (tertiary/aromatic N) is 4. The van der Waals surface area contributed by atoms with Crippen molar-refractivity contribution in [3.63, 3.8) is 0 Å². The first-order chi connectivity index (χ1) is 15.5. The van der Waals surface area contributed by atoms with Gasteiger partial charge >= 0.3 is 0 Å². The number of amides is 1. The van der Waals surface area contributed by atoms with Crippen molar-refractivity contribution in [3.8, 4) is 0 Å². The van der Waals surface area contributed by atoms with Crippen molar-refractivity contribution >= 4 is 51.6 Å². The fraction of sp³-hybridized carbons (Fsp3) is 0.409. The van der Waals surface area contributed by atoms with E-state index in [-0.39, 0.29) is 22.0 Å². The predicted molar refractivity (Wildman–Crippen MR) is 124 cm³/mol. The van der Waals surface area contributed by atoms with Gasteiger partial charge in [0.25, 0.3) is 0 Å². The first-order valence-corrected chi connectivity index (χ1v) is 11.5. The fourth-order valence-corrected chi connectivity index (χ4v) is 5.24. The smallest absolute Gasteiger partial charge is 0.245 e. The first kappa shape index (κ1) is 21.3. The maximum absolute atomic E-state index is 13.7. The third-order valence-corrected chi connectivity index (χ3v) is 6.82. The molecular formula is C22H23Cl2FN6O. The maximum atomic E-state index is 13.7. The number of fused-ring (bicyclic) bond motifs is 1. The quantitative estimate of drug-likeness (QED) is 0.543. The summed E-state index contributed by atoms with van der Waals surface area (Å²) in [6, 6.07) is 4.62. The van der Waals surface area contributed by atoms with Crippen molar-refractivity contribution in [3.05, 3.63) is 46.6 Å². The Morgan fingerprint density at radius 3 is 2.72 bits per heavy atom. The number of aromatic nitrogens is 3. The number of rotatable bonds is 4. The van der Waals surface area contributed by atoms with Gasteiger partial charge in [-0.25, -0.2) is 14.4 Å². The highest BCUT2D eigenvalue weighted by Gasteiger charge is 2.36. The molecule has 1 aromatic carbocycles. The van der Waals surface area contributed by atoms with Crippen LogP contribution in [0.5, 0.6) is 0 Å². The molecule has 0 spiro atoms. The van der Waals surface area contributed by atoms with Crippen LogP contribution in [0.15, 0.2) is 30.7 Å². The summed E-state index contributed by atoms with van der Waals surface area (Å²) >= 11 is 11.8. The summed E-state index contributed by atoms with van der Waals surface area (Å²) in [5.74, 6) is 0.295. The normalized spacial score (nSPS) is 21.9. The molecule has 2 aliphatic rings. The lowest BCUT2D eigenvalue weighted by Crippen LogP contribution is -2.56. The number of aromatic amines is 1. The Morgan fingerprint density at radius 1 is 1.12 bits per heavy atom. The minimum atomic E-state index is -0.654. The Bertz CT molecular complexity index is 1130. The highest BCUT2D eigenvalue weighted by molar-refractivity contribution is 6.35. The van der Waals surface area contributed by atoms with E-state index in [0.717, 1.165) is 55.7 Å². The van der Waals surface area contributed by atoms with E-state index in [2.05, 4.69) is 25.2 Å². The number of carbonyl (C=O) groups is 1. The largest absolute Gasteiger partial charge is 0.374 e. The number of piperidine rings is 2. The summed E-state index contributed by atoms with van der Waals surface area (Å²) in [5, 5.41) is 4.06. The molecule has 2 saturated heterocycles. The van der Waals surface area contributed by atoms with Crippen molar-refractivity contribution in [2.24, 2.45) is 0 Å². The maximum Gasteiger partial charge on any atom is 0.245 e. The molecule has 0 bridgehead atoms. The molecule has 168 valence electrons. The van der Waals surface area contributed by atoms with Crippen LogP contribution in [0.25, 0.3) is 11.0 Å². The molecule has 10 heteroatoms. The van der Waals surface area contributed by atoms with Gasteiger partial charge in [0.05, 0.1) is 15.4 Å². The van der Waals surface area contributed by atoms with E-state index >= 15 is 0 Å². The molecule has 4 heterocycles. The number of likely N-dealkylation sites (tertiary alicyclic amines) is 1. The minimum absolute atomic E-state index is 0.0501. The standard InChI is InChI=1S/C22H23Cl2FN6O/c23-16-9-13(10-17(24)19(16)25)29-18-4-2-8-31(22(18)32)14-3-1-7-30(11-14)21-15-5-6-26-20(15)27-12-28-21/h5-6,9-10,12,14,18,29H,1-4,7-8,11H2,(H,26,27,28). The second kappa shape index (κ2) is 8.75. The van der Waals surface area contributed by atoms with Gasteiger partial charge in [0.15, 0.2) is 5.82 Å². The number of hydrogen-bond donors (Lipinski definition) is 2. The molecule has 0 aliphatic carbocycles. The van der Waals surface area contributed by atoms with E-state index in [4.69, 9.17) is 23.2 Å². The molecule has 2 aromatic heterocycles. The van der Waals surface area contributed by atoms with Gasteiger partial charge in [0.1, 0.15) is 23.8 Å². The number of H-pyrrole nitrogens is 1. The highest BCUT2D eigenvalue weighted by Crippen LogP contribution is 2.31. The molecule has 32 heavy (non-hydrogen) atoms. The Morgan fingerprint density at radius 2 is 1.91 bits per heavy atom. The SMILES string of the molecule is O=C1C(Nc2cc(Cl)c(F)c(Cl)c2)CCCN1C1CCCN(c2ncnc3[nH]ccc23)C1. The number of halogens is 3. The number of carbonyl (C=O) groups excluding carboxylic acids is 1. The molecule has 2 N–H and O–H groups in total. The number of nitrogens with one attached hydrogen (secondary N) is 2. The van der Waals surface area contributed by atoms with Crippen molar-refractivity contribution in [2.45, 2.75) is 37.8 Å². The molecule has 2 fully saturated rings. The van der Waals surface area contributed by atoms with Crippen molar-refractivity contribution in [1.82, 2.24) is 19.9 Å². The van der Waals surface area contributed by atoms with E-state index in [1.54, 1.807) is 6.33 Å². The van der Waals surface area contributed by atoms with Crippen LogP contribution in [0.3, 0.4) is 0 Å². The van der Waals surface area contributed by atoms with Crippen LogP contribution in [0.2, 0.25) is 10.0 Å².